The maximum Gasteiger partial charge on any atom is 1.00 e. The molecule has 0 fully saturated rings. The predicted octanol–water partition coefficient (Wildman–Crippen LogP) is 0.655. The Balaban J connectivity index is 0. The Kier molecular flexibility index (Phi) is 18.5. The van der Waals surface area contributed by atoms with Crippen molar-refractivity contribution in [2.75, 3.05) is 13.2 Å². The number of hydrogen-bond acceptors (Lipinski definition) is 8. The van der Waals surface area contributed by atoms with E-state index >= 15 is 0 Å². The van der Waals surface area contributed by atoms with Crippen molar-refractivity contribution < 1.29 is 85.2 Å². The molecule has 0 heterocycles. The minimum Gasteiger partial charge on any atom is -0.691 e. The minimum atomic E-state index is -5.78. The van der Waals surface area contributed by atoms with Crippen molar-refractivity contribution in [3.8, 4) is 0 Å². The van der Waals surface area contributed by atoms with E-state index in [1.165, 1.54) is 0 Å². The first-order chi connectivity index (χ1) is 13.5. The fourth-order valence-electron chi connectivity index (χ4n) is 2.01. The van der Waals surface area contributed by atoms with Crippen LogP contribution in [0.2, 0.25) is 0 Å². The van der Waals surface area contributed by atoms with Gasteiger partial charge in [0, 0.05) is 12.0 Å². The number of esters is 2. The van der Waals surface area contributed by atoms with Crippen molar-refractivity contribution in [2.24, 2.45) is 0 Å². The quantitative estimate of drug-likeness (QED) is 0.0608. The van der Waals surface area contributed by atoms with Crippen molar-refractivity contribution in [3.63, 3.8) is 0 Å². The smallest absolute Gasteiger partial charge is 0.691 e. The van der Waals surface area contributed by atoms with Gasteiger partial charge in [-0.2, -0.15) is 26.3 Å². The number of ether oxygens (including phenoxy) is 2. The van der Waals surface area contributed by atoms with Crippen LogP contribution >= 0.6 is 12.0 Å². The molecule has 0 saturated heterocycles. The van der Waals surface area contributed by atoms with Crippen LogP contribution in [0.15, 0.2) is 0 Å². The van der Waals surface area contributed by atoms with Crippen molar-refractivity contribution in [1.29, 1.82) is 0 Å². The van der Waals surface area contributed by atoms with Gasteiger partial charge >= 0.3 is 53.6 Å². The molecule has 1 atom stereocenters. The summed E-state index contributed by atoms with van der Waals surface area (Å²) in [7, 11) is 0. The summed E-state index contributed by atoms with van der Waals surface area (Å²) >= 11 is 0.0544. The molecule has 0 aromatic heterocycles. The van der Waals surface area contributed by atoms with Crippen molar-refractivity contribution in [3.05, 3.63) is 0 Å². The molecule has 172 valence electrons. The average molecular weight is 478 g/mol. The Morgan fingerprint density at radius 2 is 1.57 bits per heavy atom. The first kappa shape index (κ1) is 32.0. The summed E-state index contributed by atoms with van der Waals surface area (Å²) in [6.07, 6.45) is -2.54. The van der Waals surface area contributed by atoms with Crippen LogP contribution in [0.25, 0.3) is 0 Å². The molecule has 14 heteroatoms. The molecule has 0 aliphatic carbocycles. The number of hydrogen-bond donors (Lipinski definition) is 0. The molecule has 0 aliphatic heterocycles. The van der Waals surface area contributed by atoms with Crippen LogP contribution in [-0.4, -0.2) is 42.5 Å². The number of carbonyl (C=O) groups is 2. The van der Waals surface area contributed by atoms with Gasteiger partial charge in [0.05, 0.1) is 26.1 Å². The summed E-state index contributed by atoms with van der Waals surface area (Å²) in [6.45, 7) is 0.909. The summed E-state index contributed by atoms with van der Waals surface area (Å²) in [5, 5.41) is 11.4. The van der Waals surface area contributed by atoms with Gasteiger partial charge in [-0.3, -0.25) is 14.6 Å². The van der Waals surface area contributed by atoms with Gasteiger partial charge in [-0.05, 0) is 6.42 Å². The molecule has 0 amide bonds. The normalized spacial score (nSPS) is 12.8. The number of unbranched alkanes of at least 4 members (excludes halogenated alkanes) is 5. The number of alkyl halides is 5. The van der Waals surface area contributed by atoms with E-state index in [0.717, 1.165) is 32.1 Å². The summed E-state index contributed by atoms with van der Waals surface area (Å²) in [5.74, 6) is -7.23. The molecule has 0 spiro atoms. The van der Waals surface area contributed by atoms with Crippen LogP contribution in [0.3, 0.4) is 0 Å². The molecule has 30 heavy (non-hydrogen) atoms. The van der Waals surface area contributed by atoms with E-state index in [2.05, 4.69) is 21.0 Å². The molecule has 0 saturated carbocycles. The zero-order valence-electron chi connectivity index (χ0n) is 16.8. The number of halogens is 5. The van der Waals surface area contributed by atoms with Gasteiger partial charge < -0.3 is 14.7 Å². The maximum atomic E-state index is 12.8. The Hall–Kier alpha value is -0.180. The predicted molar refractivity (Wildman–Crippen MR) is 89.1 cm³/mol. The second-order valence-corrected chi connectivity index (χ2v) is 6.93. The summed E-state index contributed by atoms with van der Waals surface area (Å²) in [5.41, 5.74) is 0. The third kappa shape index (κ3) is 14.8. The molecule has 0 aromatic carbocycles. The van der Waals surface area contributed by atoms with E-state index < -0.39 is 48.7 Å². The summed E-state index contributed by atoms with van der Waals surface area (Å²) < 4.78 is 74.9. The Morgan fingerprint density at radius 3 is 2.13 bits per heavy atom. The van der Waals surface area contributed by atoms with Crippen LogP contribution < -0.4 is 34.8 Å². The molecule has 0 rings (SSSR count). The van der Waals surface area contributed by atoms with Crippen molar-refractivity contribution in [1.82, 2.24) is 0 Å². The topological polar surface area (TPSA) is 94.1 Å². The van der Waals surface area contributed by atoms with Crippen LogP contribution in [0, 0.1) is 0 Å². The third-order valence-electron chi connectivity index (χ3n) is 3.63. The monoisotopic (exact) mass is 478 g/mol. The molecule has 0 aliphatic rings. The molecular formula is C16H24F5NaO7S. The van der Waals surface area contributed by atoms with Crippen LogP contribution in [0.5, 0.6) is 0 Å². The van der Waals surface area contributed by atoms with Crippen LogP contribution in [0.4, 0.5) is 22.0 Å². The third-order valence-corrected chi connectivity index (χ3v) is 4.36. The van der Waals surface area contributed by atoms with Gasteiger partial charge in [-0.1, -0.05) is 39.0 Å². The number of rotatable bonds is 16. The molecule has 1 unspecified atom stereocenters. The minimum absolute atomic E-state index is 0. The summed E-state index contributed by atoms with van der Waals surface area (Å²) in [6, 6.07) is 0. The van der Waals surface area contributed by atoms with Crippen molar-refractivity contribution >= 4 is 24.0 Å². The van der Waals surface area contributed by atoms with E-state index in [9.17, 15) is 36.8 Å². The molecule has 0 N–H and O–H groups in total. The first-order valence-corrected chi connectivity index (χ1v) is 9.74. The average Bonchev–Trinajstić information content (AvgIpc) is 2.63. The molecule has 7 nitrogen and oxygen atoms in total. The van der Waals surface area contributed by atoms with Gasteiger partial charge in [0.1, 0.15) is 5.25 Å². The second kappa shape index (κ2) is 17.4. The Morgan fingerprint density at radius 1 is 0.967 bits per heavy atom. The number of carbonyl (C=O) groups excluding carboxylic acids is 2. The molecule has 0 radical (unpaired) electrons. The van der Waals surface area contributed by atoms with E-state index in [-0.39, 0.29) is 48.2 Å². The van der Waals surface area contributed by atoms with Gasteiger partial charge in [-0.25, -0.2) is 0 Å². The SMILES string of the molecule is CCCCCCCCOC(=O)CC(SOO[O-])C(=O)OCCC(F)(F)C(F)(F)F.[Na+]. The fourth-order valence-corrected chi connectivity index (χ4v) is 2.49. The Bertz CT molecular complexity index is 483. The van der Waals surface area contributed by atoms with Crippen LogP contribution in [-0.2, 0) is 28.4 Å². The van der Waals surface area contributed by atoms with Gasteiger partial charge in [-0.15, -0.1) is 0 Å². The van der Waals surface area contributed by atoms with E-state index in [1.54, 1.807) is 0 Å². The van der Waals surface area contributed by atoms with E-state index in [1.807, 2.05) is 0 Å². The fraction of sp³-hybridized carbons (Fsp3) is 0.875. The summed E-state index contributed by atoms with van der Waals surface area (Å²) in [4.78, 5) is 23.5. The van der Waals surface area contributed by atoms with Crippen LogP contribution in [0.1, 0.15) is 58.3 Å². The van der Waals surface area contributed by atoms with E-state index in [0.29, 0.717) is 6.42 Å². The zero-order chi connectivity index (χ0) is 22.3. The zero-order valence-corrected chi connectivity index (χ0v) is 19.6. The second-order valence-electron chi connectivity index (χ2n) is 6.03. The van der Waals surface area contributed by atoms with Gasteiger partial charge in [0.2, 0.25) is 0 Å². The molecule has 0 aromatic rings. The first-order valence-electron chi connectivity index (χ1n) is 8.94. The van der Waals surface area contributed by atoms with Gasteiger partial charge in [0.25, 0.3) is 0 Å². The standard InChI is InChI=1S/C16H25F5O7S.Na/c1-2-3-4-5-6-7-9-25-13(22)11-12(29-28-27-24)14(23)26-10-8-15(17,18)16(19,20)21;/h12,24H,2-11H2,1H3;/q;+1/p-1. The Labute approximate surface area is 197 Å². The molecule has 0 bridgehead atoms. The van der Waals surface area contributed by atoms with Gasteiger partial charge in [0.15, 0.2) is 0 Å². The van der Waals surface area contributed by atoms with Crippen molar-refractivity contribution in [2.45, 2.75) is 75.6 Å². The molecular weight excluding hydrogens is 454 g/mol. The van der Waals surface area contributed by atoms with E-state index in [4.69, 9.17) is 4.74 Å². The largest absolute Gasteiger partial charge is 1.00 e. The maximum absolute atomic E-state index is 12.8.